The smallest absolute Gasteiger partial charge is 0.257 e. The molecule has 5 heteroatoms. The average molecular weight is 311 g/mol. The third kappa shape index (κ3) is 3.35. The fraction of sp³-hybridized carbons (Fsp3) is 0.333. The van der Waals surface area contributed by atoms with E-state index in [1.165, 1.54) is 6.21 Å². The molecule has 1 fully saturated rings. The lowest BCUT2D eigenvalue weighted by molar-refractivity contribution is -0.126. The molecule has 5 nitrogen and oxygen atoms in total. The van der Waals surface area contributed by atoms with Gasteiger partial charge in [-0.25, -0.2) is 5.43 Å². The standard InChI is InChI=1S/C18H21N3O2/c1-21-11-5-4-8-16(21)18(23)20-19-12-15-14-7-3-2-6-13(14)9-10-17(15)22/h2-3,6-7,9-10,12,16,22H,4-5,8,11H2,1H3,(H,20,23)/b19-12-/t16-/m0/s1. The molecule has 1 saturated heterocycles. The van der Waals surface area contributed by atoms with Crippen LogP contribution in [0, 0.1) is 0 Å². The Balaban J connectivity index is 1.75. The highest BCUT2D eigenvalue weighted by atomic mass is 16.3. The van der Waals surface area contributed by atoms with E-state index < -0.39 is 0 Å². The van der Waals surface area contributed by atoms with E-state index in [0.29, 0.717) is 5.56 Å². The lowest BCUT2D eigenvalue weighted by atomic mass is 10.0. The zero-order valence-corrected chi connectivity index (χ0v) is 13.2. The van der Waals surface area contributed by atoms with Gasteiger partial charge >= 0.3 is 0 Å². The molecule has 1 heterocycles. The fourth-order valence-electron chi connectivity index (χ4n) is 3.06. The molecule has 0 unspecified atom stereocenters. The molecule has 23 heavy (non-hydrogen) atoms. The van der Waals surface area contributed by atoms with E-state index in [2.05, 4.69) is 15.4 Å². The molecule has 3 rings (SSSR count). The van der Waals surface area contributed by atoms with Crippen molar-refractivity contribution in [3.8, 4) is 5.75 Å². The molecular formula is C18H21N3O2. The van der Waals surface area contributed by atoms with E-state index in [0.717, 1.165) is 36.6 Å². The van der Waals surface area contributed by atoms with Gasteiger partial charge in [-0.2, -0.15) is 5.10 Å². The number of nitrogens with zero attached hydrogens (tertiary/aromatic N) is 2. The van der Waals surface area contributed by atoms with E-state index in [1.807, 2.05) is 37.4 Å². The van der Waals surface area contributed by atoms with Gasteiger partial charge in [-0.15, -0.1) is 0 Å². The van der Waals surface area contributed by atoms with Crippen LogP contribution in [-0.2, 0) is 4.79 Å². The summed E-state index contributed by atoms with van der Waals surface area (Å²) < 4.78 is 0. The molecule has 1 aliphatic heterocycles. The quantitative estimate of drug-likeness (QED) is 0.676. The number of aromatic hydroxyl groups is 1. The number of phenolic OH excluding ortho intramolecular Hbond substituents is 1. The van der Waals surface area contributed by atoms with Crippen molar-refractivity contribution in [3.05, 3.63) is 42.0 Å². The first kappa shape index (κ1) is 15.5. The monoisotopic (exact) mass is 311 g/mol. The number of nitrogens with one attached hydrogen (secondary N) is 1. The molecule has 2 aromatic rings. The summed E-state index contributed by atoms with van der Waals surface area (Å²) in [5.41, 5.74) is 3.21. The van der Waals surface area contributed by atoms with E-state index in [9.17, 15) is 9.90 Å². The SMILES string of the molecule is CN1CCCC[C@H]1C(=O)N/N=C\c1c(O)ccc2ccccc12. The number of likely N-dealkylation sites (N-methyl/N-ethyl adjacent to an activating group) is 1. The Bertz CT molecular complexity index is 742. The third-order valence-corrected chi connectivity index (χ3v) is 4.39. The van der Waals surface area contributed by atoms with Crippen LogP contribution in [0.3, 0.4) is 0 Å². The highest BCUT2D eigenvalue weighted by molar-refractivity contribution is 6.02. The molecule has 1 amide bonds. The Hall–Kier alpha value is -2.40. The Labute approximate surface area is 135 Å². The molecule has 1 atom stereocenters. The van der Waals surface area contributed by atoms with Crippen molar-refractivity contribution in [2.75, 3.05) is 13.6 Å². The number of hydrogen-bond donors (Lipinski definition) is 2. The lowest BCUT2D eigenvalue weighted by Gasteiger charge is -2.30. The molecular weight excluding hydrogens is 290 g/mol. The summed E-state index contributed by atoms with van der Waals surface area (Å²) in [6.07, 6.45) is 4.57. The predicted octanol–water partition coefficient (Wildman–Crippen LogP) is 2.48. The van der Waals surface area contributed by atoms with Gasteiger partial charge in [0.2, 0.25) is 0 Å². The van der Waals surface area contributed by atoms with E-state index in [1.54, 1.807) is 6.07 Å². The number of amides is 1. The first-order valence-electron chi connectivity index (χ1n) is 7.90. The Kier molecular flexibility index (Phi) is 4.57. The molecule has 0 bridgehead atoms. The number of rotatable bonds is 3. The van der Waals surface area contributed by atoms with E-state index >= 15 is 0 Å². The second-order valence-corrected chi connectivity index (χ2v) is 5.95. The van der Waals surface area contributed by atoms with Gasteiger partial charge in [-0.1, -0.05) is 36.8 Å². The second-order valence-electron chi connectivity index (χ2n) is 5.95. The van der Waals surface area contributed by atoms with E-state index in [4.69, 9.17) is 0 Å². The van der Waals surface area contributed by atoms with Crippen LogP contribution in [0.25, 0.3) is 10.8 Å². The van der Waals surface area contributed by atoms with Crippen LogP contribution in [0.4, 0.5) is 0 Å². The number of hydrogen-bond acceptors (Lipinski definition) is 4. The lowest BCUT2D eigenvalue weighted by Crippen LogP contribution is -2.46. The summed E-state index contributed by atoms with van der Waals surface area (Å²) in [4.78, 5) is 14.3. The summed E-state index contributed by atoms with van der Waals surface area (Å²) in [7, 11) is 1.96. The van der Waals surface area contributed by atoms with Gasteiger partial charge in [-0.3, -0.25) is 9.69 Å². The van der Waals surface area contributed by atoms with Crippen molar-refractivity contribution in [2.45, 2.75) is 25.3 Å². The summed E-state index contributed by atoms with van der Waals surface area (Å²) >= 11 is 0. The largest absolute Gasteiger partial charge is 0.507 e. The number of fused-ring (bicyclic) bond motifs is 1. The molecule has 0 saturated carbocycles. The molecule has 2 aromatic carbocycles. The average Bonchev–Trinajstić information content (AvgIpc) is 2.57. The highest BCUT2D eigenvalue weighted by Crippen LogP contribution is 2.25. The Morgan fingerprint density at radius 3 is 2.96 bits per heavy atom. The number of carbonyl (C=O) groups excluding carboxylic acids is 1. The number of hydrazone groups is 1. The van der Waals surface area contributed by atoms with Crippen LogP contribution >= 0.6 is 0 Å². The van der Waals surface area contributed by atoms with Crippen molar-refractivity contribution in [2.24, 2.45) is 5.10 Å². The van der Waals surface area contributed by atoms with Crippen LogP contribution in [0.15, 0.2) is 41.5 Å². The molecule has 120 valence electrons. The first-order valence-corrected chi connectivity index (χ1v) is 7.90. The highest BCUT2D eigenvalue weighted by Gasteiger charge is 2.25. The second kappa shape index (κ2) is 6.79. The number of likely N-dealkylation sites (tertiary alicyclic amines) is 1. The van der Waals surface area contributed by atoms with Crippen LogP contribution < -0.4 is 5.43 Å². The van der Waals surface area contributed by atoms with Crippen molar-refractivity contribution in [1.82, 2.24) is 10.3 Å². The van der Waals surface area contributed by atoms with Crippen LogP contribution in [0.2, 0.25) is 0 Å². The van der Waals surface area contributed by atoms with Gasteiger partial charge in [-0.05, 0) is 43.3 Å². The normalized spacial score (nSPS) is 19.3. The minimum absolute atomic E-state index is 0.0943. The maximum Gasteiger partial charge on any atom is 0.257 e. The topological polar surface area (TPSA) is 64.9 Å². The summed E-state index contributed by atoms with van der Waals surface area (Å²) in [6.45, 7) is 0.936. The molecule has 0 spiro atoms. The molecule has 1 aliphatic rings. The zero-order valence-electron chi connectivity index (χ0n) is 13.2. The van der Waals surface area contributed by atoms with Crippen LogP contribution in [0.5, 0.6) is 5.75 Å². The Morgan fingerprint density at radius 2 is 2.13 bits per heavy atom. The number of piperidine rings is 1. The minimum Gasteiger partial charge on any atom is -0.507 e. The van der Waals surface area contributed by atoms with Gasteiger partial charge in [0.05, 0.1) is 12.3 Å². The number of phenols is 1. The summed E-state index contributed by atoms with van der Waals surface area (Å²) in [6, 6.07) is 11.1. The van der Waals surface area contributed by atoms with E-state index in [-0.39, 0.29) is 17.7 Å². The minimum atomic E-state index is -0.123. The van der Waals surface area contributed by atoms with Crippen molar-refractivity contribution >= 4 is 22.9 Å². The third-order valence-electron chi connectivity index (χ3n) is 4.39. The number of carbonyl (C=O) groups is 1. The summed E-state index contributed by atoms with van der Waals surface area (Å²) in [5.74, 6) is 0.0552. The van der Waals surface area contributed by atoms with Gasteiger partial charge in [0.15, 0.2) is 0 Å². The maximum absolute atomic E-state index is 12.2. The maximum atomic E-state index is 12.2. The van der Waals surface area contributed by atoms with Gasteiger partial charge in [0.1, 0.15) is 5.75 Å². The predicted molar refractivity (Wildman–Crippen MR) is 91.6 cm³/mol. The van der Waals surface area contributed by atoms with Crippen molar-refractivity contribution < 1.29 is 9.90 Å². The van der Waals surface area contributed by atoms with Gasteiger partial charge in [0.25, 0.3) is 5.91 Å². The van der Waals surface area contributed by atoms with Crippen LogP contribution in [0.1, 0.15) is 24.8 Å². The molecule has 0 aromatic heterocycles. The van der Waals surface area contributed by atoms with Crippen LogP contribution in [-0.4, -0.2) is 41.8 Å². The summed E-state index contributed by atoms with van der Waals surface area (Å²) in [5, 5.41) is 16.0. The molecule has 0 radical (unpaired) electrons. The zero-order chi connectivity index (χ0) is 16.2. The molecule has 0 aliphatic carbocycles. The van der Waals surface area contributed by atoms with Gasteiger partial charge < -0.3 is 5.11 Å². The van der Waals surface area contributed by atoms with Crippen molar-refractivity contribution in [1.29, 1.82) is 0 Å². The Morgan fingerprint density at radius 1 is 1.30 bits per heavy atom. The van der Waals surface area contributed by atoms with Gasteiger partial charge in [0, 0.05) is 5.56 Å². The number of benzene rings is 2. The van der Waals surface area contributed by atoms with Crippen molar-refractivity contribution in [3.63, 3.8) is 0 Å². The first-order chi connectivity index (χ1) is 11.2. The fourth-order valence-corrected chi connectivity index (χ4v) is 3.06. The molecule has 2 N–H and O–H groups in total.